The van der Waals surface area contributed by atoms with Gasteiger partial charge in [0.1, 0.15) is 11.3 Å². The van der Waals surface area contributed by atoms with E-state index in [4.69, 9.17) is 19.9 Å². The Balaban J connectivity index is 2.01. The van der Waals surface area contributed by atoms with Crippen LogP contribution in [0.1, 0.15) is 6.42 Å². The summed E-state index contributed by atoms with van der Waals surface area (Å²) in [7, 11) is 3.29. The lowest BCUT2D eigenvalue weighted by Crippen LogP contribution is -2.08. The molecule has 0 spiro atoms. The molecule has 0 atom stereocenters. The molecule has 0 saturated heterocycles. The van der Waals surface area contributed by atoms with Gasteiger partial charge in [-0.25, -0.2) is 4.98 Å². The zero-order chi connectivity index (χ0) is 14.4. The van der Waals surface area contributed by atoms with E-state index in [1.807, 2.05) is 22.8 Å². The van der Waals surface area contributed by atoms with Gasteiger partial charge in [-0.2, -0.15) is 0 Å². The summed E-state index contributed by atoms with van der Waals surface area (Å²) in [5.41, 5.74) is 7.76. The zero-order valence-electron chi connectivity index (χ0n) is 12.0. The Morgan fingerprint density at radius 1 is 1.20 bits per heavy atom. The van der Waals surface area contributed by atoms with Crippen molar-refractivity contribution < 1.29 is 14.2 Å². The number of nitrogens with two attached hydrogens (primary N) is 1. The quantitative estimate of drug-likeness (QED) is 0.744. The van der Waals surface area contributed by atoms with Crippen molar-refractivity contribution in [1.29, 1.82) is 0 Å². The summed E-state index contributed by atoms with van der Waals surface area (Å²) in [5, 5.41) is 0. The van der Waals surface area contributed by atoms with Crippen molar-refractivity contribution in [3.05, 3.63) is 18.2 Å². The van der Waals surface area contributed by atoms with Crippen molar-refractivity contribution in [1.82, 2.24) is 9.55 Å². The van der Waals surface area contributed by atoms with E-state index in [1.54, 1.807) is 14.2 Å². The fourth-order valence-corrected chi connectivity index (χ4v) is 2.11. The van der Waals surface area contributed by atoms with Gasteiger partial charge in [0.15, 0.2) is 0 Å². The van der Waals surface area contributed by atoms with Crippen LogP contribution in [0.5, 0.6) is 5.75 Å². The molecule has 1 heterocycles. The van der Waals surface area contributed by atoms with E-state index in [9.17, 15) is 0 Å². The van der Waals surface area contributed by atoms with E-state index in [-0.39, 0.29) is 0 Å². The number of nitrogens with zero attached hydrogens (tertiary/aromatic N) is 2. The Labute approximate surface area is 118 Å². The molecule has 0 aliphatic heterocycles. The van der Waals surface area contributed by atoms with Gasteiger partial charge >= 0.3 is 0 Å². The minimum Gasteiger partial charge on any atom is -0.494 e. The van der Waals surface area contributed by atoms with Gasteiger partial charge in [0.25, 0.3) is 0 Å². The fourth-order valence-electron chi connectivity index (χ4n) is 2.11. The molecule has 0 saturated carbocycles. The van der Waals surface area contributed by atoms with Gasteiger partial charge in [0.2, 0.25) is 5.95 Å². The Hall–Kier alpha value is -1.79. The molecule has 0 amide bonds. The second-order valence-corrected chi connectivity index (χ2v) is 4.41. The maximum Gasteiger partial charge on any atom is 0.201 e. The number of aromatic nitrogens is 2. The second kappa shape index (κ2) is 7.12. The number of nitrogen functional groups attached to an aromatic ring is 1. The molecule has 1 aromatic carbocycles. The smallest absolute Gasteiger partial charge is 0.201 e. The number of imidazole rings is 1. The third-order valence-corrected chi connectivity index (χ3v) is 3.09. The number of fused-ring (bicyclic) bond motifs is 1. The van der Waals surface area contributed by atoms with Gasteiger partial charge in [-0.1, -0.05) is 6.07 Å². The number of hydrogen-bond acceptors (Lipinski definition) is 5. The van der Waals surface area contributed by atoms with Crippen LogP contribution in [0, 0.1) is 0 Å². The molecule has 20 heavy (non-hydrogen) atoms. The Morgan fingerprint density at radius 2 is 2.05 bits per heavy atom. The van der Waals surface area contributed by atoms with Gasteiger partial charge in [-0.05, 0) is 18.6 Å². The minimum atomic E-state index is 0.501. The second-order valence-electron chi connectivity index (χ2n) is 4.41. The number of hydrogen-bond donors (Lipinski definition) is 1. The van der Waals surface area contributed by atoms with Gasteiger partial charge in [-0.15, -0.1) is 0 Å². The lowest BCUT2D eigenvalue weighted by molar-refractivity contribution is 0.0682. The van der Waals surface area contributed by atoms with Crippen molar-refractivity contribution in [2.75, 3.05) is 39.8 Å². The number of para-hydroxylation sites is 1. The van der Waals surface area contributed by atoms with Crippen molar-refractivity contribution in [3.63, 3.8) is 0 Å². The van der Waals surface area contributed by atoms with Crippen molar-refractivity contribution in [2.45, 2.75) is 13.0 Å². The zero-order valence-corrected chi connectivity index (χ0v) is 12.0. The SMILES string of the molecule is COCCOCCCn1c(N)nc2c(OC)cccc21. The number of methoxy groups -OCH3 is 2. The molecule has 6 nitrogen and oxygen atoms in total. The van der Waals surface area contributed by atoms with Crippen LogP contribution in [-0.2, 0) is 16.0 Å². The monoisotopic (exact) mass is 279 g/mol. The average molecular weight is 279 g/mol. The van der Waals surface area contributed by atoms with Crippen LogP contribution in [0.4, 0.5) is 5.95 Å². The molecule has 0 aliphatic rings. The summed E-state index contributed by atoms with van der Waals surface area (Å²) in [6, 6.07) is 5.81. The summed E-state index contributed by atoms with van der Waals surface area (Å²) in [6.45, 7) is 2.67. The molecule has 1 aromatic heterocycles. The maximum absolute atomic E-state index is 5.97. The van der Waals surface area contributed by atoms with Crippen LogP contribution < -0.4 is 10.5 Å². The average Bonchev–Trinajstić information content (AvgIpc) is 2.78. The number of rotatable bonds is 8. The van der Waals surface area contributed by atoms with E-state index in [0.29, 0.717) is 25.8 Å². The molecular formula is C14H21N3O3. The lowest BCUT2D eigenvalue weighted by atomic mass is 10.3. The molecule has 2 aromatic rings. The number of benzene rings is 1. The summed E-state index contributed by atoms with van der Waals surface area (Å²) in [6.07, 6.45) is 0.872. The highest BCUT2D eigenvalue weighted by atomic mass is 16.5. The molecule has 0 bridgehead atoms. The fraction of sp³-hybridized carbons (Fsp3) is 0.500. The largest absolute Gasteiger partial charge is 0.494 e. The minimum absolute atomic E-state index is 0.501. The van der Waals surface area contributed by atoms with E-state index >= 15 is 0 Å². The van der Waals surface area contributed by atoms with Crippen molar-refractivity contribution in [2.24, 2.45) is 0 Å². The topological polar surface area (TPSA) is 71.5 Å². The molecular weight excluding hydrogens is 258 g/mol. The molecule has 110 valence electrons. The van der Waals surface area contributed by atoms with Crippen LogP contribution in [-0.4, -0.2) is 43.6 Å². The molecule has 0 aliphatic carbocycles. The molecule has 0 radical (unpaired) electrons. The molecule has 0 fully saturated rings. The third kappa shape index (κ3) is 3.20. The first-order valence-corrected chi connectivity index (χ1v) is 6.63. The van der Waals surface area contributed by atoms with Gasteiger partial charge in [-0.3, -0.25) is 0 Å². The Bertz CT molecular complexity index is 554. The van der Waals surface area contributed by atoms with Crippen LogP contribution >= 0.6 is 0 Å². The number of ether oxygens (including phenoxy) is 3. The predicted octanol–water partition coefficient (Wildman–Crippen LogP) is 1.68. The van der Waals surface area contributed by atoms with Gasteiger partial charge in [0.05, 0.1) is 25.8 Å². The first kappa shape index (κ1) is 14.6. The van der Waals surface area contributed by atoms with E-state index in [2.05, 4.69) is 4.98 Å². The van der Waals surface area contributed by atoms with E-state index in [1.165, 1.54) is 0 Å². The summed E-state index contributed by atoms with van der Waals surface area (Å²) in [4.78, 5) is 4.37. The van der Waals surface area contributed by atoms with Crippen LogP contribution in [0.2, 0.25) is 0 Å². The molecule has 2 N–H and O–H groups in total. The third-order valence-electron chi connectivity index (χ3n) is 3.09. The number of anilines is 1. The molecule has 0 unspecified atom stereocenters. The Morgan fingerprint density at radius 3 is 2.80 bits per heavy atom. The predicted molar refractivity (Wildman–Crippen MR) is 78.0 cm³/mol. The van der Waals surface area contributed by atoms with Crippen LogP contribution in [0.15, 0.2) is 18.2 Å². The summed E-state index contributed by atoms with van der Waals surface area (Å²) in [5.74, 6) is 1.24. The molecule has 2 rings (SSSR count). The first-order chi connectivity index (χ1) is 9.77. The molecule has 6 heteroatoms. The first-order valence-electron chi connectivity index (χ1n) is 6.63. The van der Waals surface area contributed by atoms with Crippen molar-refractivity contribution >= 4 is 17.0 Å². The van der Waals surface area contributed by atoms with Gasteiger partial charge < -0.3 is 24.5 Å². The highest BCUT2D eigenvalue weighted by Crippen LogP contribution is 2.26. The summed E-state index contributed by atoms with van der Waals surface area (Å²) >= 11 is 0. The van der Waals surface area contributed by atoms with Crippen LogP contribution in [0.25, 0.3) is 11.0 Å². The number of aryl methyl sites for hydroxylation is 1. The Kier molecular flexibility index (Phi) is 5.20. The van der Waals surface area contributed by atoms with Crippen LogP contribution in [0.3, 0.4) is 0 Å². The van der Waals surface area contributed by atoms with E-state index in [0.717, 1.165) is 29.7 Å². The maximum atomic E-state index is 5.97. The normalized spacial score (nSPS) is 11.1. The van der Waals surface area contributed by atoms with Crippen molar-refractivity contribution in [3.8, 4) is 5.75 Å². The van der Waals surface area contributed by atoms with Gasteiger partial charge in [0, 0.05) is 20.3 Å². The lowest BCUT2D eigenvalue weighted by Gasteiger charge is -2.07. The summed E-state index contributed by atoms with van der Waals surface area (Å²) < 4.78 is 17.6. The standard InChI is InChI=1S/C14H21N3O3/c1-18-9-10-20-8-4-7-17-11-5-3-6-12(19-2)13(11)16-14(17)15/h3,5-6H,4,7-10H2,1-2H3,(H2,15,16). The highest BCUT2D eigenvalue weighted by Gasteiger charge is 2.11. The van der Waals surface area contributed by atoms with E-state index < -0.39 is 0 Å². The highest BCUT2D eigenvalue weighted by molar-refractivity contribution is 5.84.